The Hall–Kier alpha value is -2.41. The number of hydrogen-bond acceptors (Lipinski definition) is 4. The van der Waals surface area contributed by atoms with Crippen LogP contribution in [0.1, 0.15) is 48.0 Å². The zero-order valence-corrected chi connectivity index (χ0v) is 16.1. The second kappa shape index (κ2) is 8.31. The van der Waals surface area contributed by atoms with Crippen LogP contribution in [0.5, 0.6) is 0 Å². The van der Waals surface area contributed by atoms with E-state index < -0.39 is 0 Å². The molecule has 3 amide bonds. The first-order valence-electron chi connectivity index (χ1n) is 10.3. The van der Waals surface area contributed by atoms with Crippen LogP contribution in [-0.4, -0.2) is 54.8 Å². The highest BCUT2D eigenvalue weighted by Crippen LogP contribution is 2.25. The van der Waals surface area contributed by atoms with Gasteiger partial charge >= 0.3 is 0 Å². The molecular formula is C21H28N4O3. The van der Waals surface area contributed by atoms with Gasteiger partial charge in [-0.3, -0.25) is 14.4 Å². The van der Waals surface area contributed by atoms with Gasteiger partial charge in [0, 0.05) is 37.3 Å². The Balaban J connectivity index is 1.34. The summed E-state index contributed by atoms with van der Waals surface area (Å²) in [6.07, 6.45) is 5.07. The number of aryl methyl sites for hydroxylation is 1. The second-order valence-corrected chi connectivity index (χ2v) is 8.07. The fraction of sp³-hybridized carbons (Fsp3) is 0.571. The Morgan fingerprint density at radius 1 is 1.18 bits per heavy atom. The first-order chi connectivity index (χ1) is 13.6. The molecule has 0 bridgehead atoms. The average molecular weight is 384 g/mol. The molecule has 1 aromatic carbocycles. The fourth-order valence-electron chi connectivity index (χ4n) is 4.39. The quantitative estimate of drug-likeness (QED) is 0.730. The summed E-state index contributed by atoms with van der Waals surface area (Å²) in [5.41, 5.74) is 2.51. The van der Waals surface area contributed by atoms with Gasteiger partial charge in [0.2, 0.25) is 11.8 Å². The van der Waals surface area contributed by atoms with Crippen molar-refractivity contribution in [3.05, 3.63) is 29.3 Å². The number of anilines is 1. The minimum absolute atomic E-state index is 0.0281. The summed E-state index contributed by atoms with van der Waals surface area (Å²) in [7, 11) is 0. The van der Waals surface area contributed by atoms with E-state index >= 15 is 0 Å². The van der Waals surface area contributed by atoms with Crippen molar-refractivity contribution in [2.75, 3.05) is 31.5 Å². The van der Waals surface area contributed by atoms with Crippen LogP contribution in [0, 0.1) is 5.92 Å². The van der Waals surface area contributed by atoms with Crippen LogP contribution in [0.15, 0.2) is 18.2 Å². The number of likely N-dealkylation sites (tertiary alicyclic amines) is 1. The third-order valence-electron chi connectivity index (χ3n) is 6.00. The van der Waals surface area contributed by atoms with E-state index in [-0.39, 0.29) is 23.8 Å². The summed E-state index contributed by atoms with van der Waals surface area (Å²) in [4.78, 5) is 38.6. The molecule has 2 saturated heterocycles. The largest absolute Gasteiger partial charge is 0.354 e. The van der Waals surface area contributed by atoms with E-state index in [9.17, 15) is 14.4 Å². The predicted octanol–water partition coefficient (Wildman–Crippen LogP) is 1.29. The van der Waals surface area contributed by atoms with Gasteiger partial charge in [-0.2, -0.15) is 0 Å². The van der Waals surface area contributed by atoms with Crippen molar-refractivity contribution >= 4 is 23.4 Å². The second-order valence-electron chi connectivity index (χ2n) is 8.07. The van der Waals surface area contributed by atoms with Crippen LogP contribution in [0.3, 0.4) is 0 Å². The Labute approximate surface area is 165 Å². The zero-order chi connectivity index (χ0) is 19.5. The number of benzene rings is 1. The maximum Gasteiger partial charge on any atom is 0.253 e. The third kappa shape index (κ3) is 4.19. The standard InChI is InChI=1S/C21H28N4O3/c26-19-8-6-15-11-16(5-7-17(15)24-19)21(28)25-10-2-3-14(13-25)12-23-20(27)18-4-1-9-22-18/h5,7,11,14,18,22H,1-4,6,8-10,12-13H2,(H,23,27)(H,24,26). The van der Waals surface area contributed by atoms with Crippen molar-refractivity contribution in [3.8, 4) is 0 Å². The maximum absolute atomic E-state index is 13.0. The number of fused-ring (bicyclic) bond motifs is 1. The van der Waals surface area contributed by atoms with Crippen molar-refractivity contribution in [1.29, 1.82) is 0 Å². The highest BCUT2D eigenvalue weighted by atomic mass is 16.2. The molecule has 2 unspecified atom stereocenters. The minimum Gasteiger partial charge on any atom is -0.354 e. The summed E-state index contributed by atoms with van der Waals surface area (Å²) >= 11 is 0. The Kier molecular flexibility index (Phi) is 5.62. The molecule has 3 heterocycles. The summed E-state index contributed by atoms with van der Waals surface area (Å²) in [6, 6.07) is 5.48. The number of nitrogens with one attached hydrogen (secondary N) is 3. The number of nitrogens with zero attached hydrogens (tertiary/aromatic N) is 1. The molecule has 0 aliphatic carbocycles. The van der Waals surface area contributed by atoms with Crippen molar-refractivity contribution in [2.24, 2.45) is 5.92 Å². The Morgan fingerprint density at radius 2 is 2.07 bits per heavy atom. The highest BCUT2D eigenvalue weighted by molar-refractivity contribution is 5.98. The molecular weight excluding hydrogens is 356 g/mol. The van der Waals surface area contributed by atoms with Gasteiger partial charge < -0.3 is 20.9 Å². The summed E-state index contributed by atoms with van der Waals surface area (Å²) in [6.45, 7) is 2.96. The molecule has 0 saturated carbocycles. The van der Waals surface area contributed by atoms with Crippen molar-refractivity contribution < 1.29 is 14.4 Å². The zero-order valence-electron chi connectivity index (χ0n) is 16.1. The summed E-state index contributed by atoms with van der Waals surface area (Å²) in [5.74, 6) is 0.436. The van der Waals surface area contributed by atoms with Crippen LogP contribution >= 0.6 is 0 Å². The molecule has 7 heteroatoms. The molecule has 1 aromatic rings. The lowest BCUT2D eigenvalue weighted by atomic mass is 9.96. The number of piperidine rings is 1. The summed E-state index contributed by atoms with van der Waals surface area (Å²) < 4.78 is 0. The summed E-state index contributed by atoms with van der Waals surface area (Å²) in [5, 5.41) is 9.13. The van der Waals surface area contributed by atoms with Crippen LogP contribution in [-0.2, 0) is 16.0 Å². The van der Waals surface area contributed by atoms with Crippen molar-refractivity contribution in [1.82, 2.24) is 15.5 Å². The van der Waals surface area contributed by atoms with E-state index in [1.165, 1.54) is 0 Å². The van der Waals surface area contributed by atoms with Gasteiger partial charge in [-0.05, 0) is 68.3 Å². The monoisotopic (exact) mass is 384 g/mol. The van der Waals surface area contributed by atoms with Gasteiger partial charge in [0.05, 0.1) is 6.04 Å². The van der Waals surface area contributed by atoms with Gasteiger partial charge in [0.25, 0.3) is 5.91 Å². The molecule has 2 atom stereocenters. The molecule has 0 radical (unpaired) electrons. The number of rotatable bonds is 4. The molecule has 3 aliphatic rings. The lowest BCUT2D eigenvalue weighted by Gasteiger charge is -2.33. The van der Waals surface area contributed by atoms with E-state index in [2.05, 4.69) is 16.0 Å². The molecule has 4 rings (SSSR count). The maximum atomic E-state index is 13.0. The van der Waals surface area contributed by atoms with Crippen molar-refractivity contribution in [3.63, 3.8) is 0 Å². The number of carbonyl (C=O) groups excluding carboxylic acids is 3. The fourth-order valence-corrected chi connectivity index (χ4v) is 4.39. The highest BCUT2D eigenvalue weighted by Gasteiger charge is 2.27. The first kappa shape index (κ1) is 18.9. The lowest BCUT2D eigenvalue weighted by Crippen LogP contribution is -2.46. The average Bonchev–Trinajstić information content (AvgIpc) is 3.26. The van der Waals surface area contributed by atoms with E-state index in [0.717, 1.165) is 50.0 Å². The molecule has 3 aliphatic heterocycles. The van der Waals surface area contributed by atoms with Crippen LogP contribution in [0.4, 0.5) is 5.69 Å². The van der Waals surface area contributed by atoms with Gasteiger partial charge in [0.1, 0.15) is 0 Å². The molecule has 2 fully saturated rings. The van der Waals surface area contributed by atoms with Crippen LogP contribution in [0.25, 0.3) is 0 Å². The minimum atomic E-state index is -0.0580. The number of carbonyl (C=O) groups is 3. The number of hydrogen-bond donors (Lipinski definition) is 3. The normalized spacial score (nSPS) is 24.4. The first-order valence-corrected chi connectivity index (χ1v) is 10.3. The number of amides is 3. The van der Waals surface area contributed by atoms with Gasteiger partial charge in [-0.15, -0.1) is 0 Å². The van der Waals surface area contributed by atoms with Crippen LogP contribution in [0.2, 0.25) is 0 Å². The van der Waals surface area contributed by atoms with Gasteiger partial charge in [0.15, 0.2) is 0 Å². The predicted molar refractivity (Wildman–Crippen MR) is 106 cm³/mol. The molecule has 28 heavy (non-hydrogen) atoms. The molecule has 150 valence electrons. The van der Waals surface area contributed by atoms with Crippen molar-refractivity contribution in [2.45, 2.75) is 44.6 Å². The molecule has 7 nitrogen and oxygen atoms in total. The smallest absolute Gasteiger partial charge is 0.253 e. The van der Waals surface area contributed by atoms with E-state index in [1.54, 1.807) is 6.07 Å². The SMILES string of the molecule is O=C1CCc2cc(C(=O)N3CCCC(CNC(=O)C4CCCN4)C3)ccc2N1. The Morgan fingerprint density at radius 3 is 2.89 bits per heavy atom. The van der Waals surface area contributed by atoms with E-state index in [4.69, 9.17) is 0 Å². The molecule has 0 spiro atoms. The van der Waals surface area contributed by atoms with E-state index in [1.807, 2.05) is 17.0 Å². The topological polar surface area (TPSA) is 90.5 Å². The van der Waals surface area contributed by atoms with Gasteiger partial charge in [-0.1, -0.05) is 0 Å². The Bertz CT molecular complexity index is 773. The van der Waals surface area contributed by atoms with Crippen LogP contribution < -0.4 is 16.0 Å². The van der Waals surface area contributed by atoms with Gasteiger partial charge in [-0.25, -0.2) is 0 Å². The lowest BCUT2D eigenvalue weighted by molar-refractivity contribution is -0.123. The molecule has 0 aromatic heterocycles. The van der Waals surface area contributed by atoms with E-state index in [0.29, 0.717) is 37.4 Å². The third-order valence-corrected chi connectivity index (χ3v) is 6.00. The molecule has 3 N–H and O–H groups in total.